The Balaban J connectivity index is 2.23. The van der Waals surface area contributed by atoms with Crippen molar-refractivity contribution in [2.75, 3.05) is 12.3 Å². The molecular formula is C11H11N3O3. The van der Waals surface area contributed by atoms with Crippen molar-refractivity contribution in [3.63, 3.8) is 0 Å². The second-order valence-electron chi connectivity index (χ2n) is 3.27. The van der Waals surface area contributed by atoms with Crippen molar-refractivity contribution in [1.29, 1.82) is 0 Å². The van der Waals surface area contributed by atoms with Gasteiger partial charge in [-0.25, -0.2) is 4.79 Å². The van der Waals surface area contributed by atoms with E-state index in [1.54, 1.807) is 31.2 Å². The molecule has 1 aromatic carbocycles. The van der Waals surface area contributed by atoms with Crippen LogP contribution in [0.15, 0.2) is 28.8 Å². The van der Waals surface area contributed by atoms with Gasteiger partial charge in [0.25, 0.3) is 11.7 Å². The monoisotopic (exact) mass is 233 g/mol. The van der Waals surface area contributed by atoms with Crippen LogP contribution in [0.1, 0.15) is 17.5 Å². The Morgan fingerprint density at radius 3 is 2.76 bits per heavy atom. The van der Waals surface area contributed by atoms with E-state index in [4.69, 9.17) is 15.0 Å². The third kappa shape index (κ3) is 2.41. The summed E-state index contributed by atoms with van der Waals surface area (Å²) in [6, 6.07) is 6.89. The Hall–Kier alpha value is -2.37. The molecule has 0 fully saturated rings. The maximum absolute atomic E-state index is 11.3. The van der Waals surface area contributed by atoms with Crippen molar-refractivity contribution in [3.05, 3.63) is 30.1 Å². The molecule has 2 N–H and O–H groups in total. The summed E-state index contributed by atoms with van der Waals surface area (Å²) in [6.45, 7) is 1.98. The lowest BCUT2D eigenvalue weighted by Gasteiger charge is -1.95. The van der Waals surface area contributed by atoms with Gasteiger partial charge in [-0.3, -0.25) is 0 Å². The fraction of sp³-hybridized carbons (Fsp3) is 0.182. The molecule has 0 spiro atoms. The van der Waals surface area contributed by atoms with Crippen LogP contribution in [0.3, 0.4) is 0 Å². The fourth-order valence-corrected chi connectivity index (χ4v) is 1.24. The first-order valence-corrected chi connectivity index (χ1v) is 5.07. The van der Waals surface area contributed by atoms with Crippen LogP contribution >= 0.6 is 0 Å². The van der Waals surface area contributed by atoms with Crippen molar-refractivity contribution in [2.24, 2.45) is 0 Å². The number of benzene rings is 1. The van der Waals surface area contributed by atoms with Crippen LogP contribution in [0.4, 0.5) is 5.69 Å². The van der Waals surface area contributed by atoms with E-state index < -0.39 is 5.97 Å². The van der Waals surface area contributed by atoms with Gasteiger partial charge in [0.15, 0.2) is 0 Å². The Bertz CT molecular complexity index is 519. The van der Waals surface area contributed by atoms with Crippen molar-refractivity contribution in [3.8, 4) is 11.5 Å². The van der Waals surface area contributed by atoms with Gasteiger partial charge in [0.1, 0.15) is 0 Å². The average Bonchev–Trinajstić information content (AvgIpc) is 2.80. The topological polar surface area (TPSA) is 91.2 Å². The van der Waals surface area contributed by atoms with E-state index >= 15 is 0 Å². The molecule has 0 aliphatic heterocycles. The van der Waals surface area contributed by atoms with Gasteiger partial charge >= 0.3 is 5.97 Å². The lowest BCUT2D eigenvalue weighted by molar-refractivity contribution is 0.0508. The zero-order chi connectivity index (χ0) is 12.3. The molecule has 0 radical (unpaired) electrons. The largest absolute Gasteiger partial charge is 0.460 e. The smallest absolute Gasteiger partial charge is 0.379 e. The number of hydrogen-bond acceptors (Lipinski definition) is 6. The molecule has 0 aliphatic carbocycles. The zero-order valence-electron chi connectivity index (χ0n) is 9.21. The van der Waals surface area contributed by atoms with Gasteiger partial charge in [0.2, 0.25) is 0 Å². The molecule has 88 valence electrons. The van der Waals surface area contributed by atoms with Gasteiger partial charge in [-0.15, -0.1) is 0 Å². The number of hydrogen-bond donors (Lipinski definition) is 1. The number of nitrogens with zero attached hydrogens (tertiary/aromatic N) is 2. The third-order valence-corrected chi connectivity index (χ3v) is 2.04. The maximum Gasteiger partial charge on any atom is 0.379 e. The van der Waals surface area contributed by atoms with E-state index in [1.165, 1.54) is 0 Å². The first kappa shape index (κ1) is 11.1. The molecular weight excluding hydrogens is 222 g/mol. The standard InChI is InChI=1S/C11H11N3O3/c1-2-16-11(15)9-13-10(17-14-9)7-3-5-8(12)6-4-7/h3-6H,2,12H2,1H3. The number of esters is 1. The van der Waals surface area contributed by atoms with E-state index in [-0.39, 0.29) is 18.3 Å². The quantitative estimate of drug-likeness (QED) is 0.638. The molecule has 2 aromatic rings. The summed E-state index contributed by atoms with van der Waals surface area (Å²) in [5.41, 5.74) is 6.89. The molecule has 0 saturated heterocycles. The minimum atomic E-state index is -0.599. The summed E-state index contributed by atoms with van der Waals surface area (Å²) in [5.74, 6) is -0.426. The van der Waals surface area contributed by atoms with E-state index in [0.717, 1.165) is 0 Å². The number of ether oxygens (including phenoxy) is 1. The van der Waals surface area contributed by atoms with E-state index in [9.17, 15) is 4.79 Å². The number of nitrogens with two attached hydrogens (primary N) is 1. The van der Waals surface area contributed by atoms with Crippen molar-refractivity contribution in [2.45, 2.75) is 6.92 Å². The highest BCUT2D eigenvalue weighted by Crippen LogP contribution is 2.18. The van der Waals surface area contributed by atoms with Crippen LogP contribution in [0.2, 0.25) is 0 Å². The van der Waals surface area contributed by atoms with E-state index in [0.29, 0.717) is 11.3 Å². The van der Waals surface area contributed by atoms with Crippen LogP contribution in [0.5, 0.6) is 0 Å². The number of aromatic nitrogens is 2. The van der Waals surface area contributed by atoms with Crippen LogP contribution < -0.4 is 5.73 Å². The molecule has 1 aromatic heterocycles. The molecule has 1 heterocycles. The number of rotatable bonds is 3. The average molecular weight is 233 g/mol. The molecule has 6 nitrogen and oxygen atoms in total. The maximum atomic E-state index is 11.3. The van der Waals surface area contributed by atoms with E-state index in [2.05, 4.69) is 10.1 Å². The molecule has 0 amide bonds. The second kappa shape index (κ2) is 4.65. The lowest BCUT2D eigenvalue weighted by Crippen LogP contribution is -2.06. The van der Waals surface area contributed by atoms with Crippen LogP contribution in [0.25, 0.3) is 11.5 Å². The minimum absolute atomic E-state index is 0.0846. The molecule has 0 aliphatic rings. The van der Waals surface area contributed by atoms with Crippen LogP contribution in [0, 0.1) is 0 Å². The molecule has 0 bridgehead atoms. The summed E-state index contributed by atoms with van der Waals surface area (Å²) in [5, 5.41) is 3.54. The highest BCUT2D eigenvalue weighted by atomic mass is 16.5. The van der Waals surface area contributed by atoms with Gasteiger partial charge in [-0.1, -0.05) is 0 Å². The number of anilines is 1. The Kier molecular flexibility index (Phi) is 3.04. The van der Waals surface area contributed by atoms with Crippen molar-refractivity contribution >= 4 is 11.7 Å². The van der Waals surface area contributed by atoms with Crippen LogP contribution in [-0.4, -0.2) is 22.7 Å². The Morgan fingerprint density at radius 2 is 2.12 bits per heavy atom. The SMILES string of the molecule is CCOC(=O)c1noc(-c2ccc(N)cc2)n1. The molecule has 2 rings (SSSR count). The van der Waals surface area contributed by atoms with Gasteiger partial charge in [0.05, 0.1) is 6.61 Å². The summed E-state index contributed by atoms with van der Waals surface area (Å²) in [4.78, 5) is 15.3. The molecule has 0 unspecified atom stereocenters. The highest BCUT2D eigenvalue weighted by Gasteiger charge is 2.16. The number of carbonyl (C=O) groups excluding carboxylic acids is 1. The summed E-state index contributed by atoms with van der Waals surface area (Å²) >= 11 is 0. The fourth-order valence-electron chi connectivity index (χ4n) is 1.24. The Labute approximate surface area is 97.4 Å². The Morgan fingerprint density at radius 1 is 1.41 bits per heavy atom. The predicted molar refractivity (Wildman–Crippen MR) is 60.1 cm³/mol. The first-order valence-electron chi connectivity index (χ1n) is 5.07. The van der Waals surface area contributed by atoms with Crippen molar-refractivity contribution < 1.29 is 14.1 Å². The summed E-state index contributed by atoms with van der Waals surface area (Å²) in [6.07, 6.45) is 0. The number of nitrogen functional groups attached to an aromatic ring is 1. The minimum Gasteiger partial charge on any atom is -0.460 e. The third-order valence-electron chi connectivity index (χ3n) is 2.04. The molecule has 0 atom stereocenters. The highest BCUT2D eigenvalue weighted by molar-refractivity contribution is 5.85. The molecule has 6 heteroatoms. The lowest BCUT2D eigenvalue weighted by atomic mass is 10.2. The predicted octanol–water partition coefficient (Wildman–Crippen LogP) is 1.50. The molecule has 0 saturated carbocycles. The molecule has 17 heavy (non-hydrogen) atoms. The van der Waals surface area contributed by atoms with Gasteiger partial charge in [-0.2, -0.15) is 4.98 Å². The van der Waals surface area contributed by atoms with Gasteiger partial charge in [0, 0.05) is 11.3 Å². The van der Waals surface area contributed by atoms with E-state index in [1.807, 2.05) is 0 Å². The van der Waals surface area contributed by atoms with Crippen LogP contribution in [-0.2, 0) is 4.74 Å². The first-order chi connectivity index (χ1) is 8.20. The normalized spacial score (nSPS) is 10.2. The second-order valence-corrected chi connectivity index (χ2v) is 3.27. The summed E-state index contributed by atoms with van der Waals surface area (Å²) < 4.78 is 9.71. The van der Waals surface area contributed by atoms with Crippen molar-refractivity contribution in [1.82, 2.24) is 10.1 Å². The van der Waals surface area contributed by atoms with Gasteiger partial charge < -0.3 is 15.0 Å². The van der Waals surface area contributed by atoms with Gasteiger partial charge in [-0.05, 0) is 36.3 Å². The summed E-state index contributed by atoms with van der Waals surface area (Å²) in [7, 11) is 0. The zero-order valence-corrected chi connectivity index (χ0v) is 9.21. The number of carbonyl (C=O) groups is 1.